The van der Waals surface area contributed by atoms with Crippen molar-refractivity contribution in [2.45, 2.75) is 20.3 Å². The Morgan fingerprint density at radius 3 is 2.64 bits per heavy atom. The molecule has 74 valence electrons. The molecule has 0 aromatic heterocycles. The van der Waals surface area contributed by atoms with Gasteiger partial charge in [0.05, 0.1) is 5.69 Å². The molecule has 0 aliphatic carbocycles. The second-order valence-electron chi connectivity index (χ2n) is 3.17. The predicted octanol–water partition coefficient (Wildman–Crippen LogP) is 3.02. The highest BCUT2D eigenvalue weighted by molar-refractivity contribution is 6.03. The van der Waals surface area contributed by atoms with Crippen LogP contribution in [0.1, 0.15) is 25.0 Å². The fourth-order valence-corrected chi connectivity index (χ4v) is 1.35. The van der Waals surface area contributed by atoms with E-state index in [1.54, 1.807) is 7.05 Å². The monoisotopic (exact) mass is 188 g/mol. The molecule has 0 aliphatic rings. The molecule has 0 fully saturated rings. The van der Waals surface area contributed by atoms with Crippen LogP contribution in [0.4, 0.5) is 5.69 Å². The molecule has 0 atom stereocenters. The molecule has 2 nitrogen and oxygen atoms in total. The van der Waals surface area contributed by atoms with Gasteiger partial charge in [-0.15, -0.1) is 0 Å². The van der Waals surface area contributed by atoms with Gasteiger partial charge in [-0.3, -0.25) is 9.98 Å². The van der Waals surface area contributed by atoms with Crippen LogP contribution in [0.5, 0.6) is 0 Å². The Labute approximate surface area is 85.4 Å². The Morgan fingerprint density at radius 2 is 2.14 bits per heavy atom. The van der Waals surface area contributed by atoms with E-state index in [0.29, 0.717) is 0 Å². The van der Waals surface area contributed by atoms with Crippen LogP contribution in [-0.2, 0) is 6.42 Å². The second kappa shape index (κ2) is 4.70. The molecule has 0 unspecified atom stereocenters. The molecule has 0 saturated carbocycles. The Kier molecular flexibility index (Phi) is 3.57. The molecule has 1 aromatic carbocycles. The van der Waals surface area contributed by atoms with Crippen LogP contribution in [0.25, 0.3) is 0 Å². The van der Waals surface area contributed by atoms with E-state index in [4.69, 9.17) is 0 Å². The third kappa shape index (κ3) is 2.08. The van der Waals surface area contributed by atoms with E-state index in [2.05, 4.69) is 35.8 Å². The normalized spacial score (nSPS) is 11.5. The first-order chi connectivity index (χ1) is 6.72. The quantitative estimate of drug-likeness (QED) is 0.651. The molecule has 1 aromatic rings. The maximum atomic E-state index is 4.17. The Balaban J connectivity index is 3.28. The van der Waals surface area contributed by atoms with Gasteiger partial charge >= 0.3 is 0 Å². The smallest absolute Gasteiger partial charge is 0.0712 e. The molecule has 0 amide bonds. The first-order valence-corrected chi connectivity index (χ1v) is 4.76. The zero-order valence-electron chi connectivity index (χ0n) is 9.04. The minimum absolute atomic E-state index is 0.908. The number of aryl methyl sites for hydroxylation is 1. The molecule has 0 spiro atoms. The van der Waals surface area contributed by atoms with Crippen molar-refractivity contribution in [3.8, 4) is 0 Å². The number of hydrogen-bond acceptors (Lipinski definition) is 2. The van der Waals surface area contributed by atoms with Gasteiger partial charge in [0.1, 0.15) is 0 Å². The van der Waals surface area contributed by atoms with Gasteiger partial charge in [-0.05, 0) is 37.8 Å². The van der Waals surface area contributed by atoms with E-state index in [9.17, 15) is 0 Å². The third-order valence-electron chi connectivity index (χ3n) is 2.36. The topological polar surface area (TPSA) is 24.7 Å². The highest BCUT2D eigenvalue weighted by Crippen LogP contribution is 2.21. The highest BCUT2D eigenvalue weighted by Gasteiger charge is 2.04. The summed E-state index contributed by atoms with van der Waals surface area (Å²) in [6.07, 6.45) is 1.03. The Hall–Kier alpha value is -1.44. The molecule has 14 heavy (non-hydrogen) atoms. The average molecular weight is 188 g/mol. The van der Waals surface area contributed by atoms with Crippen LogP contribution >= 0.6 is 0 Å². The first kappa shape index (κ1) is 10.6. The summed E-state index contributed by atoms with van der Waals surface area (Å²) in [6, 6.07) is 6.21. The first-order valence-electron chi connectivity index (χ1n) is 4.76. The van der Waals surface area contributed by atoms with Crippen molar-refractivity contribution in [2.75, 3.05) is 7.05 Å². The lowest BCUT2D eigenvalue weighted by molar-refractivity contribution is 1.14. The van der Waals surface area contributed by atoms with Crippen molar-refractivity contribution in [1.29, 1.82) is 0 Å². The third-order valence-corrected chi connectivity index (χ3v) is 2.36. The Morgan fingerprint density at radius 1 is 1.43 bits per heavy atom. The van der Waals surface area contributed by atoms with Gasteiger partial charge in [0, 0.05) is 18.3 Å². The summed E-state index contributed by atoms with van der Waals surface area (Å²) in [4.78, 5) is 8.16. The summed E-state index contributed by atoms with van der Waals surface area (Å²) in [5.74, 6) is 0. The summed E-state index contributed by atoms with van der Waals surface area (Å²) < 4.78 is 0. The summed E-state index contributed by atoms with van der Waals surface area (Å²) in [5.41, 5.74) is 4.30. The van der Waals surface area contributed by atoms with Crippen LogP contribution in [0, 0.1) is 0 Å². The number of benzene rings is 1. The Bertz CT molecular complexity index is 365. The largest absolute Gasteiger partial charge is 0.293 e. The van der Waals surface area contributed by atoms with Crippen LogP contribution in [0.15, 0.2) is 28.2 Å². The van der Waals surface area contributed by atoms with Gasteiger partial charge in [-0.2, -0.15) is 0 Å². The lowest BCUT2D eigenvalue weighted by Crippen LogP contribution is -1.96. The molecule has 0 radical (unpaired) electrons. The van der Waals surface area contributed by atoms with E-state index < -0.39 is 0 Å². The predicted molar refractivity (Wildman–Crippen MR) is 63.2 cm³/mol. The lowest BCUT2D eigenvalue weighted by atomic mass is 10.0. The number of hydrogen-bond donors (Lipinski definition) is 0. The molecule has 1 rings (SSSR count). The van der Waals surface area contributed by atoms with Gasteiger partial charge < -0.3 is 0 Å². The van der Waals surface area contributed by atoms with Crippen LogP contribution < -0.4 is 0 Å². The van der Waals surface area contributed by atoms with Crippen LogP contribution in [0.3, 0.4) is 0 Å². The SMILES string of the molecule is C=Nc1ccc(CC)cc1/C(C)=N\C. The molecule has 0 bridgehead atoms. The van der Waals surface area contributed by atoms with Crippen molar-refractivity contribution < 1.29 is 0 Å². The molecular weight excluding hydrogens is 172 g/mol. The van der Waals surface area contributed by atoms with Crippen LogP contribution in [0.2, 0.25) is 0 Å². The molecule has 0 heterocycles. The van der Waals surface area contributed by atoms with Crippen molar-refractivity contribution in [2.24, 2.45) is 9.98 Å². The number of nitrogens with zero attached hydrogens (tertiary/aromatic N) is 2. The molecule has 0 aliphatic heterocycles. The standard InChI is InChI=1S/C12H16N2/c1-5-10-6-7-12(14-4)11(8-10)9(2)13-3/h6-8H,4-5H2,1-3H3/b13-9-. The molecule has 0 N–H and O–H groups in total. The van der Waals surface area contributed by atoms with E-state index in [1.165, 1.54) is 5.56 Å². The van der Waals surface area contributed by atoms with E-state index in [-0.39, 0.29) is 0 Å². The van der Waals surface area contributed by atoms with E-state index in [0.717, 1.165) is 23.4 Å². The van der Waals surface area contributed by atoms with Crippen molar-refractivity contribution in [1.82, 2.24) is 0 Å². The average Bonchev–Trinajstić information content (AvgIpc) is 2.27. The zero-order valence-corrected chi connectivity index (χ0v) is 9.04. The molecule has 2 heteroatoms. The van der Waals surface area contributed by atoms with E-state index >= 15 is 0 Å². The minimum Gasteiger partial charge on any atom is -0.293 e. The van der Waals surface area contributed by atoms with Gasteiger partial charge in [-0.1, -0.05) is 13.0 Å². The highest BCUT2D eigenvalue weighted by atomic mass is 14.7. The van der Waals surface area contributed by atoms with Crippen molar-refractivity contribution in [3.05, 3.63) is 29.3 Å². The number of rotatable bonds is 3. The maximum Gasteiger partial charge on any atom is 0.0712 e. The van der Waals surface area contributed by atoms with Crippen molar-refractivity contribution in [3.63, 3.8) is 0 Å². The van der Waals surface area contributed by atoms with Gasteiger partial charge in [0.25, 0.3) is 0 Å². The minimum atomic E-state index is 0.908. The fraction of sp³-hybridized carbons (Fsp3) is 0.333. The fourth-order valence-electron chi connectivity index (χ4n) is 1.35. The van der Waals surface area contributed by atoms with Gasteiger partial charge in [-0.25, -0.2) is 0 Å². The van der Waals surface area contributed by atoms with E-state index in [1.807, 2.05) is 13.0 Å². The summed E-state index contributed by atoms with van der Waals surface area (Å²) in [5, 5.41) is 0. The maximum absolute atomic E-state index is 4.17. The zero-order chi connectivity index (χ0) is 10.6. The lowest BCUT2D eigenvalue weighted by Gasteiger charge is -2.06. The van der Waals surface area contributed by atoms with Crippen LogP contribution in [-0.4, -0.2) is 19.5 Å². The molecule has 0 saturated heterocycles. The summed E-state index contributed by atoms with van der Waals surface area (Å²) in [7, 11) is 1.79. The number of aliphatic imine (C=N–C) groups is 2. The second-order valence-corrected chi connectivity index (χ2v) is 3.17. The van der Waals surface area contributed by atoms with Gasteiger partial charge in [0.2, 0.25) is 0 Å². The summed E-state index contributed by atoms with van der Waals surface area (Å²) in [6.45, 7) is 7.69. The summed E-state index contributed by atoms with van der Waals surface area (Å²) >= 11 is 0. The van der Waals surface area contributed by atoms with Crippen molar-refractivity contribution >= 4 is 18.1 Å². The van der Waals surface area contributed by atoms with Gasteiger partial charge in [0.15, 0.2) is 0 Å². The molecular formula is C12H16N2.